The number of carboxylic acids is 1. The van der Waals surface area contributed by atoms with Crippen LogP contribution in [0.5, 0.6) is 0 Å². The Hall–Kier alpha value is -1.62. The van der Waals surface area contributed by atoms with E-state index in [0.29, 0.717) is 22.9 Å². The Morgan fingerprint density at radius 2 is 2.10 bits per heavy atom. The molecule has 1 aromatic heterocycles. The molecule has 0 amide bonds. The zero-order valence-corrected chi connectivity index (χ0v) is 12.0. The second-order valence-electron chi connectivity index (χ2n) is 4.78. The standard InChI is InChI=1S/C8H14O2.C6H5ClN2O/c9-8(10)6-7-4-2-1-3-5-7;7-6-1-5(3-9-10)2-8-4-6/h7H,1-6H2,(H,9,10);1-4,10H. The molecule has 0 bridgehead atoms. The van der Waals surface area contributed by atoms with Gasteiger partial charge in [0, 0.05) is 24.4 Å². The van der Waals surface area contributed by atoms with E-state index in [-0.39, 0.29) is 0 Å². The first-order valence-electron chi connectivity index (χ1n) is 6.61. The van der Waals surface area contributed by atoms with E-state index in [0.717, 1.165) is 12.8 Å². The summed E-state index contributed by atoms with van der Waals surface area (Å²) in [6.07, 6.45) is 10.7. The average Bonchev–Trinajstić information content (AvgIpc) is 2.40. The molecule has 0 aromatic carbocycles. The minimum atomic E-state index is -0.632. The van der Waals surface area contributed by atoms with Gasteiger partial charge in [-0.1, -0.05) is 36.0 Å². The number of hydrogen-bond donors (Lipinski definition) is 2. The molecule has 1 heterocycles. The van der Waals surface area contributed by atoms with Crippen LogP contribution in [0.25, 0.3) is 0 Å². The van der Waals surface area contributed by atoms with Gasteiger partial charge in [0.1, 0.15) is 0 Å². The number of aromatic nitrogens is 1. The summed E-state index contributed by atoms with van der Waals surface area (Å²) in [7, 11) is 0. The van der Waals surface area contributed by atoms with Crippen molar-refractivity contribution in [2.45, 2.75) is 38.5 Å². The normalized spacial score (nSPS) is 15.7. The highest BCUT2D eigenvalue weighted by atomic mass is 35.5. The lowest BCUT2D eigenvalue weighted by Gasteiger charge is -2.18. The number of oxime groups is 1. The van der Waals surface area contributed by atoms with Crippen molar-refractivity contribution >= 4 is 23.8 Å². The van der Waals surface area contributed by atoms with Crippen molar-refractivity contribution in [2.24, 2.45) is 11.1 Å². The predicted molar refractivity (Wildman–Crippen MR) is 77.5 cm³/mol. The third-order valence-corrected chi connectivity index (χ3v) is 3.33. The third kappa shape index (κ3) is 7.09. The van der Waals surface area contributed by atoms with Gasteiger partial charge in [0.2, 0.25) is 0 Å². The van der Waals surface area contributed by atoms with Crippen molar-refractivity contribution in [2.75, 3.05) is 0 Å². The number of pyridine rings is 1. The van der Waals surface area contributed by atoms with Crippen molar-refractivity contribution in [3.63, 3.8) is 0 Å². The van der Waals surface area contributed by atoms with E-state index in [1.54, 1.807) is 12.3 Å². The highest BCUT2D eigenvalue weighted by Crippen LogP contribution is 2.25. The molecule has 6 heteroatoms. The maximum Gasteiger partial charge on any atom is 0.303 e. The SMILES string of the molecule is O=C(O)CC1CCCCC1.ON=Cc1cncc(Cl)c1. The molecule has 20 heavy (non-hydrogen) atoms. The Kier molecular flexibility index (Phi) is 7.65. The highest BCUT2D eigenvalue weighted by Gasteiger charge is 2.15. The molecule has 1 aromatic rings. The molecule has 110 valence electrons. The fraction of sp³-hybridized carbons (Fsp3) is 0.500. The molecule has 1 aliphatic carbocycles. The molecular formula is C14H19ClN2O3. The first-order valence-corrected chi connectivity index (χ1v) is 6.99. The van der Waals surface area contributed by atoms with Crippen LogP contribution in [0.15, 0.2) is 23.6 Å². The summed E-state index contributed by atoms with van der Waals surface area (Å²) in [6.45, 7) is 0. The van der Waals surface area contributed by atoms with Crippen LogP contribution in [0, 0.1) is 5.92 Å². The minimum Gasteiger partial charge on any atom is -0.481 e. The van der Waals surface area contributed by atoms with Gasteiger partial charge < -0.3 is 10.3 Å². The highest BCUT2D eigenvalue weighted by molar-refractivity contribution is 6.30. The second-order valence-corrected chi connectivity index (χ2v) is 5.22. The Bertz CT molecular complexity index is 446. The predicted octanol–water partition coefficient (Wildman–Crippen LogP) is 3.58. The van der Waals surface area contributed by atoms with E-state index in [9.17, 15) is 4.79 Å². The smallest absolute Gasteiger partial charge is 0.303 e. The maximum atomic E-state index is 10.3. The number of hydrogen-bond acceptors (Lipinski definition) is 4. The summed E-state index contributed by atoms with van der Waals surface area (Å²) in [6, 6.07) is 1.65. The molecule has 5 nitrogen and oxygen atoms in total. The lowest BCUT2D eigenvalue weighted by molar-refractivity contribution is -0.138. The Labute approximate surface area is 123 Å². The molecule has 0 aliphatic heterocycles. The van der Waals surface area contributed by atoms with E-state index in [4.69, 9.17) is 21.9 Å². The largest absolute Gasteiger partial charge is 0.481 e. The number of nitrogens with zero attached hydrogens (tertiary/aromatic N) is 2. The van der Waals surface area contributed by atoms with Gasteiger partial charge in [0.15, 0.2) is 0 Å². The summed E-state index contributed by atoms with van der Waals surface area (Å²) in [5.74, 6) is -0.154. The van der Waals surface area contributed by atoms with E-state index in [2.05, 4.69) is 10.1 Å². The van der Waals surface area contributed by atoms with Gasteiger partial charge in [-0.15, -0.1) is 0 Å². The quantitative estimate of drug-likeness (QED) is 0.507. The number of halogens is 1. The number of aliphatic carboxylic acids is 1. The van der Waals surface area contributed by atoms with Gasteiger partial charge in [0.05, 0.1) is 11.2 Å². The lowest BCUT2D eigenvalue weighted by Crippen LogP contribution is -2.10. The fourth-order valence-electron chi connectivity index (χ4n) is 2.20. The summed E-state index contributed by atoms with van der Waals surface area (Å²) < 4.78 is 0. The van der Waals surface area contributed by atoms with E-state index in [1.165, 1.54) is 31.7 Å². The van der Waals surface area contributed by atoms with Gasteiger partial charge in [-0.05, 0) is 24.8 Å². The molecule has 1 saturated carbocycles. The number of carbonyl (C=O) groups is 1. The van der Waals surface area contributed by atoms with Crippen molar-refractivity contribution in [3.05, 3.63) is 29.0 Å². The molecule has 0 atom stereocenters. The zero-order valence-electron chi connectivity index (χ0n) is 11.2. The average molecular weight is 299 g/mol. The maximum absolute atomic E-state index is 10.3. The van der Waals surface area contributed by atoms with Gasteiger partial charge in [-0.3, -0.25) is 9.78 Å². The van der Waals surface area contributed by atoms with Crippen molar-refractivity contribution in [3.8, 4) is 0 Å². The molecule has 2 N–H and O–H groups in total. The molecule has 0 unspecified atom stereocenters. The molecule has 2 rings (SSSR count). The monoisotopic (exact) mass is 298 g/mol. The summed E-state index contributed by atoms with van der Waals surface area (Å²) in [5, 5.41) is 19.9. The minimum absolute atomic E-state index is 0.389. The molecule has 0 saturated heterocycles. The first-order chi connectivity index (χ1) is 9.61. The van der Waals surface area contributed by atoms with Crippen LogP contribution in [0.1, 0.15) is 44.1 Å². The van der Waals surface area contributed by atoms with Crippen LogP contribution in [-0.4, -0.2) is 27.5 Å². The molecule has 1 aliphatic rings. The second kappa shape index (κ2) is 9.31. The molecular weight excluding hydrogens is 280 g/mol. The van der Waals surface area contributed by atoms with Gasteiger partial charge in [-0.25, -0.2) is 0 Å². The Morgan fingerprint density at radius 1 is 1.40 bits per heavy atom. The Balaban J connectivity index is 0.000000200. The van der Waals surface area contributed by atoms with Crippen LogP contribution in [0.3, 0.4) is 0 Å². The van der Waals surface area contributed by atoms with Crippen molar-refractivity contribution in [1.82, 2.24) is 4.98 Å². The molecule has 0 spiro atoms. The van der Waals surface area contributed by atoms with Crippen LogP contribution in [0.2, 0.25) is 5.02 Å². The van der Waals surface area contributed by atoms with Crippen LogP contribution in [-0.2, 0) is 4.79 Å². The number of carboxylic acid groups (broad SMARTS) is 1. The van der Waals surface area contributed by atoms with Crippen LogP contribution >= 0.6 is 11.6 Å². The molecule has 0 radical (unpaired) electrons. The molecule has 1 fully saturated rings. The lowest BCUT2D eigenvalue weighted by atomic mass is 9.87. The summed E-state index contributed by atoms with van der Waals surface area (Å²) >= 11 is 5.57. The van der Waals surface area contributed by atoms with Crippen molar-refractivity contribution in [1.29, 1.82) is 0 Å². The Morgan fingerprint density at radius 3 is 2.65 bits per heavy atom. The van der Waals surface area contributed by atoms with Crippen molar-refractivity contribution < 1.29 is 15.1 Å². The third-order valence-electron chi connectivity index (χ3n) is 3.12. The van der Waals surface area contributed by atoms with E-state index in [1.807, 2.05) is 0 Å². The van der Waals surface area contributed by atoms with Gasteiger partial charge in [-0.2, -0.15) is 0 Å². The van der Waals surface area contributed by atoms with E-state index < -0.39 is 5.97 Å². The zero-order chi connectivity index (χ0) is 14.8. The first kappa shape index (κ1) is 16.4. The summed E-state index contributed by atoms with van der Waals surface area (Å²) in [4.78, 5) is 14.0. The summed E-state index contributed by atoms with van der Waals surface area (Å²) in [5.41, 5.74) is 0.676. The van der Waals surface area contributed by atoms with E-state index >= 15 is 0 Å². The fourth-order valence-corrected chi connectivity index (χ4v) is 2.39. The topological polar surface area (TPSA) is 82.8 Å². The van der Waals surface area contributed by atoms with Gasteiger partial charge >= 0.3 is 5.97 Å². The van der Waals surface area contributed by atoms with Gasteiger partial charge in [0.25, 0.3) is 0 Å². The van der Waals surface area contributed by atoms with Crippen LogP contribution < -0.4 is 0 Å². The van der Waals surface area contributed by atoms with Crippen LogP contribution in [0.4, 0.5) is 0 Å². The number of rotatable bonds is 3.